The molecule has 3 aromatic rings. The number of amides is 2. The molecule has 2 aromatic carbocycles. The van der Waals surface area contributed by atoms with Gasteiger partial charge < -0.3 is 9.64 Å². The van der Waals surface area contributed by atoms with E-state index in [2.05, 4.69) is 18.0 Å². The summed E-state index contributed by atoms with van der Waals surface area (Å²) in [7, 11) is 0. The summed E-state index contributed by atoms with van der Waals surface area (Å²) in [6.07, 6.45) is 5.09. The molecule has 3 heterocycles. The molecule has 2 aliphatic rings. The number of rotatable bonds is 7. The number of pyridine rings is 1. The lowest BCUT2D eigenvalue weighted by molar-refractivity contribution is -0.137. The van der Waals surface area contributed by atoms with Crippen molar-refractivity contribution in [1.82, 2.24) is 9.88 Å². The van der Waals surface area contributed by atoms with E-state index in [1.807, 2.05) is 59.5 Å². The van der Waals surface area contributed by atoms with Crippen LogP contribution in [0.3, 0.4) is 0 Å². The molecule has 0 atom stereocenters. The molecule has 6 nitrogen and oxygen atoms in total. The molecule has 5 rings (SSSR count). The van der Waals surface area contributed by atoms with E-state index in [1.54, 1.807) is 12.4 Å². The number of imide groups is 1. The van der Waals surface area contributed by atoms with E-state index in [9.17, 15) is 9.59 Å². The normalized spacial score (nSPS) is 15.4. The third-order valence-corrected chi connectivity index (χ3v) is 6.01. The zero-order chi connectivity index (χ0) is 22.8. The highest BCUT2D eigenvalue weighted by molar-refractivity contribution is 6.36. The average Bonchev–Trinajstić information content (AvgIpc) is 3.38. The minimum absolute atomic E-state index is 0.209. The third kappa shape index (κ3) is 3.89. The van der Waals surface area contributed by atoms with Crippen LogP contribution >= 0.6 is 0 Å². The zero-order valence-electron chi connectivity index (χ0n) is 18.5. The van der Waals surface area contributed by atoms with E-state index in [4.69, 9.17) is 4.74 Å². The number of carbonyl (C=O) groups is 2. The molecule has 0 spiro atoms. The van der Waals surface area contributed by atoms with Gasteiger partial charge in [-0.25, -0.2) is 0 Å². The van der Waals surface area contributed by atoms with Gasteiger partial charge in [0.1, 0.15) is 11.4 Å². The van der Waals surface area contributed by atoms with Crippen molar-refractivity contribution in [3.63, 3.8) is 0 Å². The Balaban J connectivity index is 1.56. The molecule has 0 aliphatic carbocycles. The van der Waals surface area contributed by atoms with Gasteiger partial charge in [0.2, 0.25) is 0 Å². The second-order valence-electron chi connectivity index (χ2n) is 8.18. The van der Waals surface area contributed by atoms with Crippen LogP contribution in [0.4, 0.5) is 5.69 Å². The molecule has 166 valence electrons. The summed E-state index contributed by atoms with van der Waals surface area (Å²) in [4.78, 5) is 34.7. The van der Waals surface area contributed by atoms with Crippen LogP contribution in [-0.4, -0.2) is 34.8 Å². The van der Waals surface area contributed by atoms with Gasteiger partial charge in [-0.1, -0.05) is 37.3 Å². The van der Waals surface area contributed by atoms with Crippen molar-refractivity contribution in [2.24, 2.45) is 0 Å². The topological polar surface area (TPSA) is 62.7 Å². The van der Waals surface area contributed by atoms with Gasteiger partial charge in [0.05, 0.1) is 18.7 Å². The molecule has 2 aliphatic heterocycles. The number of anilines is 1. The highest BCUT2D eigenvalue weighted by atomic mass is 16.5. The molecule has 0 bridgehead atoms. The first-order valence-corrected chi connectivity index (χ1v) is 11.3. The number of nitrogens with zero attached hydrogens (tertiary/aromatic N) is 3. The minimum atomic E-state index is -0.279. The van der Waals surface area contributed by atoms with Crippen molar-refractivity contribution in [2.75, 3.05) is 18.1 Å². The number of carbonyl (C=O) groups excluding carboxylic acids is 2. The summed E-state index contributed by atoms with van der Waals surface area (Å²) in [5.41, 5.74) is 4.63. The highest BCUT2D eigenvalue weighted by Gasteiger charge is 2.43. The fourth-order valence-corrected chi connectivity index (χ4v) is 4.40. The predicted molar refractivity (Wildman–Crippen MR) is 126 cm³/mol. The maximum Gasteiger partial charge on any atom is 0.278 e. The van der Waals surface area contributed by atoms with Crippen LogP contribution in [0.25, 0.3) is 5.57 Å². The predicted octanol–water partition coefficient (Wildman–Crippen LogP) is 4.21. The Hall–Kier alpha value is -3.93. The van der Waals surface area contributed by atoms with Crippen LogP contribution in [0.15, 0.2) is 78.8 Å². The molecule has 6 heteroatoms. The number of fused-ring (bicyclic) bond motifs is 1. The van der Waals surface area contributed by atoms with Gasteiger partial charge in [0, 0.05) is 24.6 Å². The van der Waals surface area contributed by atoms with Crippen molar-refractivity contribution in [2.45, 2.75) is 26.3 Å². The first-order valence-electron chi connectivity index (χ1n) is 11.3. The lowest BCUT2D eigenvalue weighted by atomic mass is 10.0. The quantitative estimate of drug-likeness (QED) is 0.516. The molecule has 1 aromatic heterocycles. The molecular formula is C27H25N3O3. The van der Waals surface area contributed by atoms with Crippen LogP contribution in [-0.2, 0) is 22.6 Å². The van der Waals surface area contributed by atoms with Crippen LogP contribution in [0.5, 0.6) is 5.75 Å². The number of ether oxygens (including phenoxy) is 1. The number of para-hydroxylation sites is 1. The summed E-state index contributed by atoms with van der Waals surface area (Å²) < 4.78 is 5.70. The molecule has 0 unspecified atom stereocenters. The van der Waals surface area contributed by atoms with Crippen molar-refractivity contribution in [1.29, 1.82) is 0 Å². The molecule has 0 saturated heterocycles. The first-order chi connectivity index (χ1) is 16.2. The Bertz CT molecular complexity index is 1220. The lowest BCUT2D eigenvalue weighted by Gasteiger charge is -2.22. The Morgan fingerprint density at radius 2 is 1.70 bits per heavy atom. The van der Waals surface area contributed by atoms with E-state index >= 15 is 0 Å². The Morgan fingerprint density at radius 3 is 2.45 bits per heavy atom. The van der Waals surface area contributed by atoms with Gasteiger partial charge in [-0.3, -0.25) is 19.5 Å². The van der Waals surface area contributed by atoms with Gasteiger partial charge in [0.15, 0.2) is 0 Å². The molecular weight excluding hydrogens is 414 g/mol. The summed E-state index contributed by atoms with van der Waals surface area (Å²) in [5, 5.41) is 0. The minimum Gasteiger partial charge on any atom is -0.494 e. The maximum atomic E-state index is 13.7. The second-order valence-corrected chi connectivity index (χ2v) is 8.18. The van der Waals surface area contributed by atoms with Crippen LogP contribution in [0.2, 0.25) is 0 Å². The fraction of sp³-hybridized carbons (Fsp3) is 0.222. The Kier molecular flexibility index (Phi) is 5.65. The smallest absolute Gasteiger partial charge is 0.278 e. The fourth-order valence-electron chi connectivity index (χ4n) is 4.40. The van der Waals surface area contributed by atoms with Gasteiger partial charge in [-0.2, -0.15) is 0 Å². The van der Waals surface area contributed by atoms with E-state index in [1.165, 1.54) is 10.5 Å². The summed E-state index contributed by atoms with van der Waals surface area (Å²) in [6.45, 7) is 3.56. The molecule has 0 saturated carbocycles. The molecule has 33 heavy (non-hydrogen) atoms. The van der Waals surface area contributed by atoms with Crippen LogP contribution < -0.4 is 9.64 Å². The molecule has 0 radical (unpaired) electrons. The van der Waals surface area contributed by atoms with E-state index < -0.39 is 0 Å². The number of hydrogen-bond donors (Lipinski definition) is 0. The van der Waals surface area contributed by atoms with Gasteiger partial charge in [0.25, 0.3) is 11.8 Å². The van der Waals surface area contributed by atoms with Gasteiger partial charge in [-0.05, 0) is 59.9 Å². The number of benzene rings is 2. The van der Waals surface area contributed by atoms with Crippen LogP contribution in [0.1, 0.15) is 30.0 Å². The van der Waals surface area contributed by atoms with E-state index in [0.29, 0.717) is 30.0 Å². The maximum absolute atomic E-state index is 13.7. The summed E-state index contributed by atoms with van der Waals surface area (Å²) in [6, 6.07) is 19.1. The Morgan fingerprint density at radius 1 is 0.939 bits per heavy atom. The monoisotopic (exact) mass is 439 g/mol. The highest BCUT2D eigenvalue weighted by Crippen LogP contribution is 2.39. The van der Waals surface area contributed by atoms with E-state index in [-0.39, 0.29) is 18.4 Å². The SMILES string of the molecule is CCCOc1ccc(C2=C(N3CCc4ccccc43)C(=O)N(Cc3ccncc3)C2=O)cc1. The Labute approximate surface area is 193 Å². The standard InChI is InChI=1S/C27H25N3O3/c1-2-17-33-22-9-7-21(8-10-22)24-25(29-16-13-20-5-3-4-6-23(20)29)27(32)30(26(24)31)18-19-11-14-28-15-12-19/h3-12,14-15H,2,13,16-18H2,1H3. The number of aromatic nitrogens is 1. The first kappa shape index (κ1) is 20.9. The summed E-state index contributed by atoms with van der Waals surface area (Å²) >= 11 is 0. The van der Waals surface area contributed by atoms with Crippen LogP contribution in [0, 0.1) is 0 Å². The average molecular weight is 440 g/mol. The van der Waals surface area contributed by atoms with Crippen molar-refractivity contribution in [3.05, 3.63) is 95.4 Å². The summed E-state index contributed by atoms with van der Waals surface area (Å²) in [5.74, 6) is 0.202. The lowest BCUT2D eigenvalue weighted by Crippen LogP contribution is -2.34. The van der Waals surface area contributed by atoms with E-state index in [0.717, 1.165) is 29.8 Å². The largest absolute Gasteiger partial charge is 0.494 e. The molecule has 0 N–H and O–H groups in total. The third-order valence-electron chi connectivity index (χ3n) is 6.01. The second kappa shape index (κ2) is 8.90. The van der Waals surface area contributed by atoms with Crippen molar-refractivity contribution < 1.29 is 14.3 Å². The number of hydrogen-bond acceptors (Lipinski definition) is 5. The van der Waals surface area contributed by atoms with Crippen molar-refractivity contribution in [3.8, 4) is 5.75 Å². The molecule has 0 fully saturated rings. The van der Waals surface area contributed by atoms with Crippen molar-refractivity contribution >= 4 is 23.1 Å². The van der Waals surface area contributed by atoms with Gasteiger partial charge in [-0.15, -0.1) is 0 Å². The van der Waals surface area contributed by atoms with Gasteiger partial charge >= 0.3 is 0 Å². The zero-order valence-corrected chi connectivity index (χ0v) is 18.5. The molecule has 2 amide bonds.